The molecule has 0 fully saturated rings. The maximum Gasteiger partial charge on any atom is 0.136 e. The van der Waals surface area contributed by atoms with E-state index in [9.17, 15) is 0 Å². The largest absolute Gasteiger partial charge is 0.456 e. The second kappa shape index (κ2) is 13.7. The number of thiophene rings is 1. The highest BCUT2D eigenvalue weighted by Crippen LogP contribution is 2.57. The van der Waals surface area contributed by atoms with E-state index in [-0.39, 0.29) is 0 Å². The van der Waals surface area contributed by atoms with E-state index in [0.29, 0.717) is 0 Å². The summed E-state index contributed by atoms with van der Waals surface area (Å²) in [6, 6.07) is 82.2. The lowest BCUT2D eigenvalue weighted by atomic mass is 9.67. The summed E-state index contributed by atoms with van der Waals surface area (Å²) in [6.45, 7) is 0. The van der Waals surface area contributed by atoms with Crippen LogP contribution in [0.25, 0.3) is 75.1 Å². The van der Waals surface area contributed by atoms with E-state index in [1.807, 2.05) is 11.3 Å². The minimum atomic E-state index is -0.489. The molecule has 2 nitrogen and oxygen atoms in total. The fraction of sp³-hybridized carbons (Fsp3) is 0.0169. The zero-order chi connectivity index (χ0) is 40.8. The number of anilines is 3. The van der Waals surface area contributed by atoms with Crippen molar-refractivity contribution < 1.29 is 4.42 Å². The molecule has 0 amide bonds. The first-order valence-electron chi connectivity index (χ1n) is 21.2. The maximum atomic E-state index is 6.42. The molecule has 0 radical (unpaired) electrons. The van der Waals surface area contributed by atoms with Crippen molar-refractivity contribution in [2.75, 3.05) is 4.90 Å². The van der Waals surface area contributed by atoms with Gasteiger partial charge in [0.2, 0.25) is 0 Å². The van der Waals surface area contributed by atoms with Crippen molar-refractivity contribution in [2.24, 2.45) is 0 Å². The molecular formula is C59H37NOS. The molecule has 0 aliphatic heterocycles. The quantitative estimate of drug-likeness (QED) is 0.166. The predicted octanol–water partition coefficient (Wildman–Crippen LogP) is 16.6. The molecule has 3 heteroatoms. The van der Waals surface area contributed by atoms with Crippen LogP contribution in [0.4, 0.5) is 17.1 Å². The minimum Gasteiger partial charge on any atom is -0.456 e. The summed E-state index contributed by atoms with van der Waals surface area (Å²) >= 11 is 1.87. The zero-order valence-electron chi connectivity index (χ0n) is 33.6. The van der Waals surface area contributed by atoms with E-state index in [1.165, 1.54) is 80.8 Å². The highest BCUT2D eigenvalue weighted by Gasteiger charge is 2.46. The summed E-state index contributed by atoms with van der Waals surface area (Å²) in [6.07, 6.45) is 0. The molecular weight excluding hydrogens is 771 g/mol. The lowest BCUT2D eigenvalue weighted by Crippen LogP contribution is -2.28. The fourth-order valence-electron chi connectivity index (χ4n) is 10.6. The second-order valence-corrected chi connectivity index (χ2v) is 17.4. The van der Waals surface area contributed by atoms with Crippen LogP contribution < -0.4 is 4.90 Å². The number of hydrogen-bond acceptors (Lipinski definition) is 3. The number of benzene rings is 10. The minimum absolute atomic E-state index is 0.489. The molecule has 0 saturated heterocycles. The van der Waals surface area contributed by atoms with E-state index in [2.05, 4.69) is 229 Å². The molecule has 1 aliphatic carbocycles. The maximum absolute atomic E-state index is 6.42. The van der Waals surface area contributed by atoms with Crippen LogP contribution in [-0.4, -0.2) is 0 Å². The predicted molar refractivity (Wildman–Crippen MR) is 262 cm³/mol. The third-order valence-electron chi connectivity index (χ3n) is 13.1. The van der Waals surface area contributed by atoms with Gasteiger partial charge in [0.05, 0.1) is 5.41 Å². The molecule has 0 saturated carbocycles. The van der Waals surface area contributed by atoms with Gasteiger partial charge in [0, 0.05) is 53.4 Å². The topological polar surface area (TPSA) is 16.4 Å². The van der Waals surface area contributed by atoms with Gasteiger partial charge in [-0.05, 0) is 111 Å². The van der Waals surface area contributed by atoms with Crippen molar-refractivity contribution in [3.8, 4) is 22.3 Å². The highest BCUT2D eigenvalue weighted by atomic mass is 32.1. The Morgan fingerprint density at radius 2 is 0.984 bits per heavy atom. The van der Waals surface area contributed by atoms with Crippen LogP contribution in [0.2, 0.25) is 0 Å². The summed E-state index contributed by atoms with van der Waals surface area (Å²) in [4.78, 5) is 2.41. The zero-order valence-corrected chi connectivity index (χ0v) is 34.4. The molecule has 12 aromatic rings. The summed E-state index contributed by atoms with van der Waals surface area (Å²) < 4.78 is 8.98. The van der Waals surface area contributed by atoms with Crippen molar-refractivity contribution in [1.82, 2.24) is 0 Å². The molecule has 13 rings (SSSR count). The Kier molecular flexibility index (Phi) is 7.72. The van der Waals surface area contributed by atoms with Crippen LogP contribution in [0.5, 0.6) is 0 Å². The SMILES string of the molecule is c1ccc(N(c2ccc(-c3cccc4sc5ccc6ccc7oc8ccccc8c7c6c5c34)cc2)c2ccc3c(c2)C(c2ccccc2)(c2ccccc2)c2ccccc2-3)cc1. The van der Waals surface area contributed by atoms with E-state index >= 15 is 0 Å². The van der Waals surface area contributed by atoms with Gasteiger partial charge in [-0.2, -0.15) is 0 Å². The third kappa shape index (κ3) is 5.03. The lowest BCUT2D eigenvalue weighted by molar-refractivity contribution is 0.669. The molecule has 10 aromatic carbocycles. The molecule has 0 spiro atoms. The number of fused-ring (bicyclic) bond motifs is 12. The Bertz CT molecular complexity index is 3630. The smallest absolute Gasteiger partial charge is 0.136 e. The second-order valence-electron chi connectivity index (χ2n) is 16.3. The molecule has 0 N–H and O–H groups in total. The van der Waals surface area contributed by atoms with Gasteiger partial charge in [0.1, 0.15) is 11.2 Å². The molecule has 0 bridgehead atoms. The van der Waals surface area contributed by atoms with Gasteiger partial charge in [0.15, 0.2) is 0 Å². The molecule has 0 atom stereocenters. The Morgan fingerprint density at radius 1 is 0.371 bits per heavy atom. The Morgan fingerprint density at radius 3 is 1.77 bits per heavy atom. The summed E-state index contributed by atoms with van der Waals surface area (Å²) in [5.41, 5.74) is 14.7. The first-order chi connectivity index (χ1) is 30.8. The summed E-state index contributed by atoms with van der Waals surface area (Å²) in [7, 11) is 0. The molecule has 62 heavy (non-hydrogen) atoms. The van der Waals surface area contributed by atoms with Crippen LogP contribution in [0.15, 0.2) is 229 Å². The van der Waals surface area contributed by atoms with Crippen LogP contribution in [0.1, 0.15) is 22.3 Å². The summed E-state index contributed by atoms with van der Waals surface area (Å²) in [5, 5.41) is 7.41. The first kappa shape index (κ1) is 35.1. The van der Waals surface area contributed by atoms with Crippen molar-refractivity contribution in [1.29, 1.82) is 0 Å². The average molecular weight is 808 g/mol. The Balaban J connectivity index is 0.999. The van der Waals surface area contributed by atoms with Gasteiger partial charge >= 0.3 is 0 Å². The highest BCUT2D eigenvalue weighted by molar-refractivity contribution is 7.26. The van der Waals surface area contributed by atoms with E-state index in [4.69, 9.17) is 4.42 Å². The number of para-hydroxylation sites is 2. The van der Waals surface area contributed by atoms with Crippen LogP contribution >= 0.6 is 11.3 Å². The van der Waals surface area contributed by atoms with E-state index in [0.717, 1.165) is 33.6 Å². The normalized spacial score (nSPS) is 13.0. The van der Waals surface area contributed by atoms with Crippen molar-refractivity contribution in [3.05, 3.63) is 247 Å². The van der Waals surface area contributed by atoms with Gasteiger partial charge in [-0.25, -0.2) is 0 Å². The molecule has 0 unspecified atom stereocenters. The van der Waals surface area contributed by atoms with Gasteiger partial charge in [-0.3, -0.25) is 0 Å². The standard InChI is InChI=1S/C59H37NOS/c1-4-15-40(16-5-1)59(41-17-6-2-7-18-41)49-24-12-10-21-46(49)47-34-33-44(37-50(47)59)60(42-19-8-3-9-20-42)43-31-27-38(28-32-43)45-23-14-26-53-57(45)58-54(62-53)36-30-39-29-35-52-56(55(39)58)48-22-11-13-25-51(48)61-52/h1-37H. The molecule has 2 heterocycles. The third-order valence-corrected chi connectivity index (χ3v) is 14.3. The average Bonchev–Trinajstić information content (AvgIpc) is 4.01. The number of nitrogens with zero attached hydrogens (tertiary/aromatic N) is 1. The Hall–Kier alpha value is -7.72. The Labute approximate surface area is 363 Å². The van der Waals surface area contributed by atoms with Crippen LogP contribution in [0, 0.1) is 0 Å². The van der Waals surface area contributed by atoms with E-state index < -0.39 is 5.41 Å². The number of hydrogen-bond donors (Lipinski definition) is 0. The van der Waals surface area contributed by atoms with Gasteiger partial charge in [-0.1, -0.05) is 164 Å². The number of furan rings is 1. The molecule has 2 aromatic heterocycles. The first-order valence-corrected chi connectivity index (χ1v) is 22.1. The van der Waals surface area contributed by atoms with Gasteiger partial charge < -0.3 is 9.32 Å². The van der Waals surface area contributed by atoms with Gasteiger partial charge in [0.25, 0.3) is 0 Å². The molecule has 290 valence electrons. The number of rotatable bonds is 6. The lowest BCUT2D eigenvalue weighted by Gasteiger charge is -2.35. The monoisotopic (exact) mass is 807 g/mol. The van der Waals surface area contributed by atoms with Crippen LogP contribution in [-0.2, 0) is 5.41 Å². The van der Waals surface area contributed by atoms with E-state index in [1.54, 1.807) is 0 Å². The summed E-state index contributed by atoms with van der Waals surface area (Å²) in [5.74, 6) is 0. The molecule has 1 aliphatic rings. The van der Waals surface area contributed by atoms with Crippen molar-refractivity contribution >= 4 is 81.3 Å². The van der Waals surface area contributed by atoms with Gasteiger partial charge in [-0.15, -0.1) is 11.3 Å². The van der Waals surface area contributed by atoms with Crippen molar-refractivity contribution in [3.63, 3.8) is 0 Å². The fourth-order valence-corrected chi connectivity index (χ4v) is 11.7. The van der Waals surface area contributed by atoms with Crippen LogP contribution in [0.3, 0.4) is 0 Å². The van der Waals surface area contributed by atoms with Crippen molar-refractivity contribution in [2.45, 2.75) is 5.41 Å².